The lowest BCUT2D eigenvalue weighted by Gasteiger charge is -2.22. The highest BCUT2D eigenvalue weighted by molar-refractivity contribution is 7.12. The third-order valence-electron chi connectivity index (χ3n) is 2.53. The zero-order chi connectivity index (χ0) is 10.3. The minimum atomic E-state index is -4.23. The van der Waals surface area contributed by atoms with E-state index in [1.807, 2.05) is 0 Å². The zero-order valence-corrected chi connectivity index (χ0v) is 8.50. The summed E-state index contributed by atoms with van der Waals surface area (Å²) in [5.41, 5.74) is 0.129. The highest BCUT2D eigenvalue weighted by atomic mass is 32.1. The van der Waals surface area contributed by atoms with Crippen LogP contribution in [0, 0.1) is 6.92 Å². The predicted molar refractivity (Wildman–Crippen MR) is 48.4 cm³/mol. The van der Waals surface area contributed by atoms with Gasteiger partial charge in [0.05, 0.1) is 10.7 Å². The number of hydrogen-bond donors (Lipinski definition) is 0. The normalized spacial score (nSPS) is 18.3. The maximum Gasteiger partial charge on any atom is 0.427 e. The summed E-state index contributed by atoms with van der Waals surface area (Å²) in [5, 5.41) is 0.668. The molecular weight excluding hydrogens is 211 g/mol. The number of rotatable bonds is 1. The van der Waals surface area contributed by atoms with Crippen LogP contribution in [0.5, 0.6) is 0 Å². The molecule has 0 amide bonds. The first kappa shape index (κ1) is 9.96. The minimum absolute atomic E-state index is 0.129. The topological polar surface area (TPSA) is 12.9 Å². The van der Waals surface area contributed by atoms with Crippen LogP contribution in [-0.2, 0) is 6.18 Å². The molecule has 78 valence electrons. The molecule has 1 aromatic heterocycles. The molecule has 1 aliphatic carbocycles. The summed E-state index contributed by atoms with van der Waals surface area (Å²) in [5.74, 6) is 0.287. The molecule has 2 rings (SSSR count). The Labute approximate surface area is 84.0 Å². The second-order valence-corrected chi connectivity index (χ2v) is 4.62. The lowest BCUT2D eigenvalue weighted by Crippen LogP contribution is -2.07. The van der Waals surface area contributed by atoms with Crippen molar-refractivity contribution in [3.63, 3.8) is 0 Å². The molecule has 0 radical (unpaired) electrons. The molecule has 0 atom stereocenters. The van der Waals surface area contributed by atoms with Gasteiger partial charge < -0.3 is 0 Å². The lowest BCUT2D eigenvalue weighted by molar-refractivity contribution is -0.134. The number of thiazole rings is 1. The van der Waals surface area contributed by atoms with Crippen LogP contribution in [-0.4, -0.2) is 4.98 Å². The van der Waals surface area contributed by atoms with Gasteiger partial charge in [0.1, 0.15) is 4.88 Å². The first-order valence-corrected chi connectivity index (χ1v) is 5.34. The van der Waals surface area contributed by atoms with Gasteiger partial charge in [-0.1, -0.05) is 6.42 Å². The van der Waals surface area contributed by atoms with Gasteiger partial charge in [-0.05, 0) is 19.8 Å². The second-order valence-electron chi connectivity index (χ2n) is 3.59. The molecule has 1 saturated carbocycles. The summed E-state index contributed by atoms with van der Waals surface area (Å²) in [6, 6.07) is 0. The Hall–Kier alpha value is -0.580. The van der Waals surface area contributed by atoms with E-state index in [0.29, 0.717) is 5.01 Å². The maximum absolute atomic E-state index is 12.4. The number of alkyl halides is 3. The van der Waals surface area contributed by atoms with Crippen molar-refractivity contribution in [2.45, 2.75) is 38.3 Å². The van der Waals surface area contributed by atoms with E-state index >= 15 is 0 Å². The molecule has 1 aliphatic rings. The molecule has 1 nitrogen and oxygen atoms in total. The van der Waals surface area contributed by atoms with Gasteiger partial charge in [-0.2, -0.15) is 13.2 Å². The summed E-state index contributed by atoms with van der Waals surface area (Å²) >= 11 is 0.814. The largest absolute Gasteiger partial charge is 0.427 e. The maximum atomic E-state index is 12.4. The van der Waals surface area contributed by atoms with E-state index < -0.39 is 11.1 Å². The van der Waals surface area contributed by atoms with Crippen molar-refractivity contribution in [2.75, 3.05) is 0 Å². The van der Waals surface area contributed by atoms with E-state index in [9.17, 15) is 13.2 Å². The molecule has 0 bridgehead atoms. The van der Waals surface area contributed by atoms with Crippen LogP contribution < -0.4 is 0 Å². The van der Waals surface area contributed by atoms with Crippen molar-refractivity contribution < 1.29 is 13.2 Å². The highest BCUT2D eigenvalue weighted by Gasteiger charge is 2.37. The standard InChI is InChI=1S/C9H10F3NS/c1-5-7(9(10,11)12)14-8(13-5)6-3-2-4-6/h6H,2-4H2,1H3. The summed E-state index contributed by atoms with van der Waals surface area (Å²) in [4.78, 5) is 3.47. The van der Waals surface area contributed by atoms with Crippen LogP contribution in [0.25, 0.3) is 0 Å². The van der Waals surface area contributed by atoms with Gasteiger partial charge in [0.2, 0.25) is 0 Å². The van der Waals surface area contributed by atoms with Crippen molar-refractivity contribution in [1.29, 1.82) is 0 Å². The number of hydrogen-bond acceptors (Lipinski definition) is 2. The van der Waals surface area contributed by atoms with Crippen LogP contribution in [0.2, 0.25) is 0 Å². The van der Waals surface area contributed by atoms with Crippen molar-refractivity contribution in [2.24, 2.45) is 0 Å². The quantitative estimate of drug-likeness (QED) is 0.704. The number of halogens is 3. The Morgan fingerprint density at radius 2 is 2.00 bits per heavy atom. The molecule has 1 heterocycles. The van der Waals surface area contributed by atoms with E-state index in [1.165, 1.54) is 6.92 Å². The first-order valence-electron chi connectivity index (χ1n) is 4.53. The van der Waals surface area contributed by atoms with Crippen LogP contribution in [0.15, 0.2) is 0 Å². The first-order chi connectivity index (χ1) is 6.48. The lowest BCUT2D eigenvalue weighted by atomic mass is 9.86. The zero-order valence-electron chi connectivity index (χ0n) is 7.69. The molecule has 1 fully saturated rings. The second kappa shape index (κ2) is 3.22. The van der Waals surface area contributed by atoms with E-state index in [-0.39, 0.29) is 11.6 Å². The van der Waals surface area contributed by atoms with Gasteiger partial charge in [-0.15, -0.1) is 11.3 Å². The Bertz CT molecular complexity index is 338. The van der Waals surface area contributed by atoms with Crippen LogP contribution in [0.1, 0.15) is 40.8 Å². The van der Waals surface area contributed by atoms with Gasteiger partial charge in [-0.25, -0.2) is 4.98 Å². The molecule has 0 unspecified atom stereocenters. The average Bonchev–Trinajstić information content (AvgIpc) is 2.25. The summed E-state index contributed by atoms with van der Waals surface area (Å²) in [7, 11) is 0. The number of nitrogens with zero attached hydrogens (tertiary/aromatic N) is 1. The van der Waals surface area contributed by atoms with Gasteiger partial charge in [0.15, 0.2) is 0 Å². The van der Waals surface area contributed by atoms with Crippen molar-refractivity contribution in [3.8, 4) is 0 Å². The number of aryl methyl sites for hydroxylation is 1. The van der Waals surface area contributed by atoms with Crippen molar-refractivity contribution >= 4 is 11.3 Å². The molecule has 0 aromatic carbocycles. The summed E-state index contributed by atoms with van der Waals surface area (Å²) in [6.45, 7) is 1.43. The smallest absolute Gasteiger partial charge is 0.246 e. The van der Waals surface area contributed by atoms with Crippen LogP contribution in [0.3, 0.4) is 0 Å². The molecule has 1 aromatic rings. The fourth-order valence-electron chi connectivity index (χ4n) is 1.51. The molecule has 0 N–H and O–H groups in total. The number of aromatic nitrogens is 1. The predicted octanol–water partition coefficient (Wildman–Crippen LogP) is 3.74. The van der Waals surface area contributed by atoms with Gasteiger partial charge >= 0.3 is 6.18 Å². The third-order valence-corrected chi connectivity index (χ3v) is 3.89. The van der Waals surface area contributed by atoms with Gasteiger partial charge in [0.25, 0.3) is 0 Å². The molecule has 0 saturated heterocycles. The average molecular weight is 221 g/mol. The summed E-state index contributed by atoms with van der Waals surface area (Å²) < 4.78 is 37.3. The Balaban J connectivity index is 2.29. The highest BCUT2D eigenvalue weighted by Crippen LogP contribution is 2.43. The molecule has 0 aliphatic heterocycles. The van der Waals surface area contributed by atoms with Crippen LogP contribution in [0.4, 0.5) is 13.2 Å². The SMILES string of the molecule is Cc1nc(C2CCC2)sc1C(F)(F)F. The fourth-order valence-corrected chi connectivity index (χ4v) is 2.61. The van der Waals surface area contributed by atoms with Crippen molar-refractivity contribution in [3.05, 3.63) is 15.6 Å². The third kappa shape index (κ3) is 1.65. The van der Waals surface area contributed by atoms with Crippen molar-refractivity contribution in [1.82, 2.24) is 4.98 Å². The molecular formula is C9H10F3NS. The Morgan fingerprint density at radius 3 is 2.36 bits per heavy atom. The summed E-state index contributed by atoms with van der Waals surface area (Å²) in [6.07, 6.45) is -1.14. The van der Waals surface area contributed by atoms with Gasteiger partial charge in [-0.3, -0.25) is 0 Å². The van der Waals surface area contributed by atoms with E-state index in [4.69, 9.17) is 0 Å². The van der Waals surface area contributed by atoms with E-state index in [1.54, 1.807) is 0 Å². The molecule has 0 spiro atoms. The molecule has 14 heavy (non-hydrogen) atoms. The van der Waals surface area contributed by atoms with E-state index in [0.717, 1.165) is 30.6 Å². The monoisotopic (exact) mass is 221 g/mol. The Morgan fingerprint density at radius 1 is 1.36 bits per heavy atom. The molecule has 5 heteroatoms. The van der Waals surface area contributed by atoms with E-state index in [2.05, 4.69) is 4.98 Å². The Kier molecular flexibility index (Phi) is 2.29. The van der Waals surface area contributed by atoms with Gasteiger partial charge in [0, 0.05) is 5.92 Å². The minimum Gasteiger partial charge on any atom is -0.246 e. The van der Waals surface area contributed by atoms with Crippen LogP contribution >= 0.6 is 11.3 Å². The fraction of sp³-hybridized carbons (Fsp3) is 0.667.